The van der Waals surface area contributed by atoms with E-state index in [1.165, 1.54) is 6.07 Å². The molecule has 3 aliphatic carbocycles. The topological polar surface area (TPSA) is 9.23 Å². The second-order valence-corrected chi connectivity index (χ2v) is 5.56. The van der Waals surface area contributed by atoms with E-state index in [-0.39, 0.29) is 11.2 Å². The van der Waals surface area contributed by atoms with Gasteiger partial charge in [0.15, 0.2) is 0 Å². The van der Waals surface area contributed by atoms with Crippen LogP contribution >= 0.6 is 11.6 Å². The maximum atomic E-state index is 13.9. The number of benzene rings is 1. The minimum absolute atomic E-state index is 0.0885. The minimum atomic E-state index is -0.137. The summed E-state index contributed by atoms with van der Waals surface area (Å²) in [6.45, 7) is 0. The zero-order valence-corrected chi connectivity index (χ0v) is 9.98. The Kier molecular flexibility index (Phi) is 2.03. The number of halogens is 2. The third-order valence-electron chi connectivity index (χ3n) is 4.17. The fraction of sp³-hybridized carbons (Fsp3) is 0.538. The predicted molar refractivity (Wildman–Crippen MR) is 61.6 cm³/mol. The van der Waals surface area contributed by atoms with Gasteiger partial charge in [0.1, 0.15) is 11.6 Å². The molecule has 0 aliphatic heterocycles. The fourth-order valence-electron chi connectivity index (χ4n) is 3.48. The van der Waals surface area contributed by atoms with Crippen molar-refractivity contribution in [2.75, 3.05) is 13.0 Å². The van der Waals surface area contributed by atoms with Gasteiger partial charge in [0.25, 0.3) is 0 Å². The van der Waals surface area contributed by atoms with Crippen molar-refractivity contribution in [1.29, 1.82) is 0 Å². The molecule has 86 valence electrons. The first kappa shape index (κ1) is 10.4. The Balaban J connectivity index is 1.87. The van der Waals surface area contributed by atoms with E-state index in [0.717, 1.165) is 24.8 Å². The summed E-state index contributed by atoms with van der Waals surface area (Å²) in [7, 11) is 1.55. The molecular formula is C13H14ClFO. The third kappa shape index (κ3) is 1.17. The molecular weight excluding hydrogens is 227 g/mol. The van der Waals surface area contributed by atoms with Gasteiger partial charge in [-0.2, -0.15) is 0 Å². The second kappa shape index (κ2) is 3.13. The molecule has 4 rings (SSSR count). The SMILES string of the molecule is COc1ccc(C23CC(CCl)(C2)C3)c(F)c1. The fourth-order valence-corrected chi connectivity index (χ4v) is 3.76. The maximum absolute atomic E-state index is 13.9. The third-order valence-corrected chi connectivity index (χ3v) is 4.74. The van der Waals surface area contributed by atoms with Gasteiger partial charge in [-0.25, -0.2) is 4.39 Å². The van der Waals surface area contributed by atoms with Crippen LogP contribution in [0.5, 0.6) is 5.75 Å². The van der Waals surface area contributed by atoms with Crippen LogP contribution in [0.3, 0.4) is 0 Å². The van der Waals surface area contributed by atoms with Crippen LogP contribution in [-0.2, 0) is 5.41 Å². The Labute approximate surface area is 99.6 Å². The van der Waals surface area contributed by atoms with Crippen LogP contribution in [0.15, 0.2) is 18.2 Å². The van der Waals surface area contributed by atoms with Crippen LogP contribution < -0.4 is 4.74 Å². The summed E-state index contributed by atoms with van der Waals surface area (Å²) < 4.78 is 18.9. The summed E-state index contributed by atoms with van der Waals surface area (Å²) in [6.07, 6.45) is 3.15. The van der Waals surface area contributed by atoms with Crippen LogP contribution in [0.4, 0.5) is 4.39 Å². The number of methoxy groups -OCH3 is 1. The molecule has 3 aliphatic rings. The van der Waals surface area contributed by atoms with Crippen molar-refractivity contribution in [1.82, 2.24) is 0 Å². The van der Waals surface area contributed by atoms with E-state index >= 15 is 0 Å². The lowest BCUT2D eigenvalue weighted by atomic mass is 9.34. The van der Waals surface area contributed by atoms with E-state index in [9.17, 15) is 4.39 Å². The lowest BCUT2D eigenvalue weighted by Crippen LogP contribution is -2.65. The predicted octanol–water partition coefficient (Wildman–Crippen LogP) is 3.49. The molecule has 1 aromatic carbocycles. The molecule has 0 radical (unpaired) electrons. The van der Waals surface area contributed by atoms with E-state index in [4.69, 9.17) is 16.3 Å². The summed E-state index contributed by atoms with van der Waals surface area (Å²) in [5, 5.41) is 0. The first-order valence-corrected chi connectivity index (χ1v) is 6.07. The molecule has 16 heavy (non-hydrogen) atoms. The molecule has 0 N–H and O–H groups in total. The highest BCUT2D eigenvalue weighted by Crippen LogP contribution is 2.74. The molecule has 3 saturated carbocycles. The molecule has 0 amide bonds. The van der Waals surface area contributed by atoms with Crippen LogP contribution in [0.2, 0.25) is 0 Å². The van der Waals surface area contributed by atoms with Crippen LogP contribution in [0.25, 0.3) is 0 Å². The highest BCUT2D eigenvalue weighted by molar-refractivity contribution is 6.18. The summed E-state index contributed by atoms with van der Waals surface area (Å²) in [4.78, 5) is 0. The number of hydrogen-bond acceptors (Lipinski definition) is 1. The number of ether oxygens (including phenoxy) is 1. The highest BCUT2D eigenvalue weighted by Gasteiger charge is 2.68. The van der Waals surface area contributed by atoms with Gasteiger partial charge >= 0.3 is 0 Å². The lowest BCUT2D eigenvalue weighted by molar-refractivity contribution is -0.124. The van der Waals surface area contributed by atoms with Crippen molar-refractivity contribution in [3.63, 3.8) is 0 Å². The molecule has 2 bridgehead atoms. The minimum Gasteiger partial charge on any atom is -0.497 e. The van der Waals surface area contributed by atoms with Crippen molar-refractivity contribution in [2.24, 2.45) is 5.41 Å². The standard InChI is InChI=1S/C13H14ClFO/c1-16-9-2-3-10(11(15)4-9)13-5-12(6-13,7-13)8-14/h2-4H,5-8H2,1H3. The number of alkyl halides is 1. The van der Waals surface area contributed by atoms with Crippen LogP contribution in [-0.4, -0.2) is 13.0 Å². The Bertz CT molecular complexity index is 424. The van der Waals surface area contributed by atoms with Gasteiger partial charge in [-0.15, -0.1) is 11.6 Å². The van der Waals surface area contributed by atoms with Gasteiger partial charge in [-0.1, -0.05) is 6.07 Å². The normalized spacial score (nSPS) is 35.2. The Hall–Kier alpha value is -0.760. The van der Waals surface area contributed by atoms with Crippen molar-refractivity contribution in [3.05, 3.63) is 29.6 Å². The molecule has 1 aromatic rings. The van der Waals surface area contributed by atoms with E-state index in [1.807, 2.05) is 12.1 Å². The highest BCUT2D eigenvalue weighted by atomic mass is 35.5. The zero-order valence-electron chi connectivity index (χ0n) is 9.22. The molecule has 0 heterocycles. The van der Waals surface area contributed by atoms with Crippen molar-refractivity contribution in [3.8, 4) is 5.75 Å². The monoisotopic (exact) mass is 240 g/mol. The molecule has 1 nitrogen and oxygen atoms in total. The molecule has 0 spiro atoms. The summed E-state index contributed by atoms with van der Waals surface area (Å²) in [5.41, 5.74) is 1.26. The molecule has 3 fully saturated rings. The van der Waals surface area contributed by atoms with Gasteiger partial charge in [-0.3, -0.25) is 0 Å². The van der Waals surface area contributed by atoms with E-state index in [0.29, 0.717) is 17.0 Å². The largest absolute Gasteiger partial charge is 0.497 e. The van der Waals surface area contributed by atoms with Gasteiger partial charge in [0.2, 0.25) is 0 Å². The molecule has 0 aromatic heterocycles. The second-order valence-electron chi connectivity index (χ2n) is 5.29. The first-order chi connectivity index (χ1) is 7.63. The molecule has 3 heteroatoms. The van der Waals surface area contributed by atoms with Crippen molar-refractivity contribution in [2.45, 2.75) is 24.7 Å². The maximum Gasteiger partial charge on any atom is 0.130 e. The van der Waals surface area contributed by atoms with Gasteiger partial charge < -0.3 is 4.74 Å². The Morgan fingerprint density at radius 1 is 1.38 bits per heavy atom. The van der Waals surface area contributed by atoms with Crippen LogP contribution in [0, 0.1) is 11.2 Å². The molecule has 0 saturated heterocycles. The quantitative estimate of drug-likeness (QED) is 0.735. The number of hydrogen-bond donors (Lipinski definition) is 0. The summed E-state index contributed by atoms with van der Waals surface area (Å²) in [6, 6.07) is 5.18. The van der Waals surface area contributed by atoms with Crippen molar-refractivity contribution < 1.29 is 9.13 Å². The van der Waals surface area contributed by atoms with E-state index < -0.39 is 0 Å². The van der Waals surface area contributed by atoms with Crippen molar-refractivity contribution >= 4 is 11.6 Å². The Morgan fingerprint density at radius 2 is 2.06 bits per heavy atom. The summed E-state index contributed by atoms with van der Waals surface area (Å²) in [5.74, 6) is 1.16. The average Bonchev–Trinajstić information content (AvgIpc) is 2.17. The first-order valence-electron chi connectivity index (χ1n) is 5.53. The number of rotatable bonds is 3. The lowest BCUT2D eigenvalue weighted by Gasteiger charge is -2.70. The average molecular weight is 241 g/mol. The van der Waals surface area contributed by atoms with E-state index in [2.05, 4.69) is 0 Å². The van der Waals surface area contributed by atoms with Crippen LogP contribution in [0.1, 0.15) is 24.8 Å². The molecule has 0 unspecified atom stereocenters. The smallest absolute Gasteiger partial charge is 0.130 e. The van der Waals surface area contributed by atoms with Gasteiger partial charge in [0, 0.05) is 11.9 Å². The summed E-state index contributed by atoms with van der Waals surface area (Å²) >= 11 is 5.91. The molecule has 0 atom stereocenters. The van der Waals surface area contributed by atoms with E-state index in [1.54, 1.807) is 7.11 Å². The Morgan fingerprint density at radius 3 is 2.56 bits per heavy atom. The van der Waals surface area contributed by atoms with Gasteiger partial charge in [-0.05, 0) is 41.7 Å². The van der Waals surface area contributed by atoms with Gasteiger partial charge in [0.05, 0.1) is 7.11 Å². The zero-order chi connectivity index (χ0) is 11.4.